The minimum Gasteiger partial charge on any atom is -0.352 e. The number of aryl methyl sites for hydroxylation is 2. The van der Waals surface area contributed by atoms with Crippen molar-refractivity contribution in [3.63, 3.8) is 0 Å². The summed E-state index contributed by atoms with van der Waals surface area (Å²) in [6.07, 6.45) is 7.83. The Hall–Kier alpha value is -2.95. The third-order valence-electron chi connectivity index (χ3n) is 3.85. The number of nitrogens with zero attached hydrogens (tertiary/aromatic N) is 3. The molecule has 0 atom stereocenters. The number of imidazole rings is 1. The highest BCUT2D eigenvalue weighted by molar-refractivity contribution is 5.98. The van der Waals surface area contributed by atoms with E-state index in [1.807, 2.05) is 61.1 Å². The lowest BCUT2D eigenvalue weighted by atomic mass is 10.1. The Morgan fingerprint density at radius 3 is 2.79 bits per heavy atom. The molecule has 0 bridgehead atoms. The van der Waals surface area contributed by atoms with Gasteiger partial charge in [0.15, 0.2) is 0 Å². The first-order valence-corrected chi connectivity index (χ1v) is 7.92. The average molecular weight is 320 g/mol. The summed E-state index contributed by atoms with van der Waals surface area (Å²) in [6.45, 7) is 4.51. The second kappa shape index (κ2) is 7.08. The van der Waals surface area contributed by atoms with Crippen LogP contribution in [0, 0.1) is 13.8 Å². The van der Waals surface area contributed by atoms with Crippen molar-refractivity contribution >= 4 is 5.91 Å². The van der Waals surface area contributed by atoms with E-state index in [1.165, 1.54) is 0 Å². The van der Waals surface area contributed by atoms with Gasteiger partial charge >= 0.3 is 0 Å². The molecular formula is C19H20N4O. The quantitative estimate of drug-likeness (QED) is 0.786. The maximum Gasteiger partial charge on any atom is 0.253 e. The first kappa shape index (κ1) is 15.9. The van der Waals surface area contributed by atoms with E-state index in [9.17, 15) is 4.79 Å². The number of aromatic nitrogens is 3. The minimum absolute atomic E-state index is 0.0810. The van der Waals surface area contributed by atoms with Gasteiger partial charge in [0.1, 0.15) is 0 Å². The molecule has 122 valence electrons. The number of benzene rings is 1. The van der Waals surface area contributed by atoms with Crippen molar-refractivity contribution in [2.45, 2.75) is 20.3 Å². The van der Waals surface area contributed by atoms with Gasteiger partial charge in [0.25, 0.3) is 5.91 Å². The number of carbonyl (C=O) groups is 1. The van der Waals surface area contributed by atoms with Crippen LogP contribution < -0.4 is 5.32 Å². The summed E-state index contributed by atoms with van der Waals surface area (Å²) in [5.41, 5.74) is 4.63. The van der Waals surface area contributed by atoms with E-state index < -0.39 is 0 Å². The fourth-order valence-electron chi connectivity index (χ4n) is 2.52. The van der Waals surface area contributed by atoms with Gasteiger partial charge in [-0.25, -0.2) is 4.98 Å². The van der Waals surface area contributed by atoms with Crippen molar-refractivity contribution in [1.29, 1.82) is 0 Å². The number of pyridine rings is 1. The van der Waals surface area contributed by atoms with Gasteiger partial charge in [-0.2, -0.15) is 0 Å². The molecule has 1 N–H and O–H groups in total. The fraction of sp³-hybridized carbons (Fsp3) is 0.211. The summed E-state index contributed by atoms with van der Waals surface area (Å²) >= 11 is 0. The molecule has 3 aromatic rings. The van der Waals surface area contributed by atoms with Crippen LogP contribution in [-0.4, -0.2) is 27.0 Å². The zero-order valence-corrected chi connectivity index (χ0v) is 13.9. The lowest BCUT2D eigenvalue weighted by Crippen LogP contribution is -2.27. The Morgan fingerprint density at radius 2 is 2.08 bits per heavy atom. The van der Waals surface area contributed by atoms with E-state index in [0.29, 0.717) is 12.1 Å². The summed E-state index contributed by atoms with van der Waals surface area (Å²) in [7, 11) is 0. The molecule has 0 aliphatic heterocycles. The molecule has 0 fully saturated rings. The van der Waals surface area contributed by atoms with Crippen LogP contribution in [0.15, 0.2) is 55.2 Å². The number of rotatable bonds is 5. The first-order valence-electron chi connectivity index (χ1n) is 7.92. The molecule has 1 amide bonds. The average Bonchev–Trinajstić information content (AvgIpc) is 3.11. The number of hydrogen-bond acceptors (Lipinski definition) is 3. The second-order valence-electron chi connectivity index (χ2n) is 5.80. The highest BCUT2D eigenvalue weighted by atomic mass is 16.1. The summed E-state index contributed by atoms with van der Waals surface area (Å²) in [4.78, 5) is 20.9. The topological polar surface area (TPSA) is 59.8 Å². The predicted molar refractivity (Wildman–Crippen MR) is 93.3 cm³/mol. The van der Waals surface area contributed by atoms with Gasteiger partial charge in [-0.05, 0) is 44.0 Å². The van der Waals surface area contributed by atoms with Crippen molar-refractivity contribution in [3.8, 4) is 5.69 Å². The van der Waals surface area contributed by atoms with Gasteiger partial charge in [0.2, 0.25) is 0 Å². The predicted octanol–water partition coefficient (Wildman–Crippen LogP) is 2.86. The summed E-state index contributed by atoms with van der Waals surface area (Å²) < 4.78 is 1.85. The molecular weight excluding hydrogens is 300 g/mol. The molecule has 5 heteroatoms. The van der Waals surface area contributed by atoms with Crippen LogP contribution in [0.5, 0.6) is 0 Å². The number of nitrogens with one attached hydrogen (secondary N) is 1. The van der Waals surface area contributed by atoms with Crippen LogP contribution >= 0.6 is 0 Å². The highest BCUT2D eigenvalue weighted by Crippen LogP contribution is 2.16. The van der Waals surface area contributed by atoms with Crippen LogP contribution in [0.3, 0.4) is 0 Å². The molecule has 2 heterocycles. The normalized spacial score (nSPS) is 10.6. The van der Waals surface area contributed by atoms with E-state index in [-0.39, 0.29) is 5.91 Å². The van der Waals surface area contributed by atoms with Crippen LogP contribution in [0.2, 0.25) is 0 Å². The van der Waals surface area contributed by atoms with Crippen molar-refractivity contribution in [1.82, 2.24) is 19.9 Å². The van der Waals surface area contributed by atoms with E-state index in [4.69, 9.17) is 0 Å². The molecule has 0 radical (unpaired) electrons. The molecule has 0 saturated heterocycles. The molecule has 1 aromatic carbocycles. The van der Waals surface area contributed by atoms with Crippen LogP contribution in [0.1, 0.15) is 27.2 Å². The first-order chi connectivity index (χ1) is 11.6. The second-order valence-corrected chi connectivity index (χ2v) is 5.80. The van der Waals surface area contributed by atoms with Gasteiger partial charge in [0, 0.05) is 30.8 Å². The number of hydrogen-bond donors (Lipinski definition) is 1. The summed E-state index contributed by atoms with van der Waals surface area (Å²) in [5.74, 6) is -0.0810. The Bertz CT molecular complexity index is 823. The smallest absolute Gasteiger partial charge is 0.253 e. The Balaban J connectivity index is 1.70. The summed E-state index contributed by atoms with van der Waals surface area (Å²) in [6, 6.07) is 9.85. The molecule has 0 spiro atoms. The fourth-order valence-corrected chi connectivity index (χ4v) is 2.52. The van der Waals surface area contributed by atoms with Crippen LogP contribution in [0.25, 0.3) is 5.69 Å². The maximum absolute atomic E-state index is 12.6. The molecule has 5 nitrogen and oxygen atoms in total. The standard InChI is InChI=1S/C19H20N4O/c1-14-3-6-18(23-10-9-20-13-23)17(11-14)19(24)21-8-7-16-5-4-15(2)22-12-16/h3-6,9-13H,7-8H2,1-2H3,(H,21,24). The molecule has 24 heavy (non-hydrogen) atoms. The maximum atomic E-state index is 12.6. The van der Waals surface area contributed by atoms with Crippen molar-refractivity contribution in [2.24, 2.45) is 0 Å². The summed E-state index contributed by atoms with van der Waals surface area (Å²) in [5, 5.41) is 2.99. The molecule has 0 unspecified atom stereocenters. The van der Waals surface area contributed by atoms with Gasteiger partial charge in [-0.1, -0.05) is 17.7 Å². The van der Waals surface area contributed by atoms with Crippen molar-refractivity contribution in [2.75, 3.05) is 6.54 Å². The zero-order valence-electron chi connectivity index (χ0n) is 13.9. The largest absolute Gasteiger partial charge is 0.352 e. The number of carbonyl (C=O) groups excluding carboxylic acids is 1. The zero-order chi connectivity index (χ0) is 16.9. The van der Waals surface area contributed by atoms with E-state index in [0.717, 1.165) is 28.9 Å². The number of amides is 1. The Morgan fingerprint density at radius 1 is 1.21 bits per heavy atom. The van der Waals surface area contributed by atoms with E-state index in [1.54, 1.807) is 12.5 Å². The molecule has 2 aromatic heterocycles. The third kappa shape index (κ3) is 3.68. The Labute approximate surface area is 141 Å². The van der Waals surface area contributed by atoms with Crippen molar-refractivity contribution in [3.05, 3.63) is 77.6 Å². The van der Waals surface area contributed by atoms with Gasteiger partial charge in [-0.15, -0.1) is 0 Å². The van der Waals surface area contributed by atoms with Gasteiger partial charge in [-0.3, -0.25) is 9.78 Å². The van der Waals surface area contributed by atoms with Gasteiger partial charge in [0.05, 0.1) is 17.6 Å². The van der Waals surface area contributed by atoms with Crippen LogP contribution in [-0.2, 0) is 6.42 Å². The van der Waals surface area contributed by atoms with Gasteiger partial charge < -0.3 is 9.88 Å². The molecule has 0 aliphatic rings. The molecule has 0 saturated carbocycles. The van der Waals surface area contributed by atoms with Crippen molar-refractivity contribution < 1.29 is 4.79 Å². The lowest BCUT2D eigenvalue weighted by molar-refractivity contribution is 0.0954. The minimum atomic E-state index is -0.0810. The SMILES string of the molecule is Cc1ccc(-n2ccnc2)c(C(=O)NCCc2ccc(C)nc2)c1. The highest BCUT2D eigenvalue weighted by Gasteiger charge is 2.12. The lowest BCUT2D eigenvalue weighted by Gasteiger charge is -2.12. The molecule has 0 aliphatic carbocycles. The van der Waals surface area contributed by atoms with E-state index >= 15 is 0 Å². The Kier molecular flexibility index (Phi) is 4.70. The third-order valence-corrected chi connectivity index (χ3v) is 3.85. The molecule has 3 rings (SSSR count). The van der Waals surface area contributed by atoms with Crippen LogP contribution in [0.4, 0.5) is 0 Å². The van der Waals surface area contributed by atoms with E-state index in [2.05, 4.69) is 15.3 Å². The monoisotopic (exact) mass is 320 g/mol.